The van der Waals surface area contributed by atoms with Crippen LogP contribution >= 0.6 is 22.9 Å². The van der Waals surface area contributed by atoms with Crippen molar-refractivity contribution in [2.45, 2.75) is 25.8 Å². The van der Waals surface area contributed by atoms with E-state index in [1.165, 1.54) is 6.07 Å². The number of nitrogens with one attached hydrogen (secondary N) is 2. The molecule has 3 N–H and O–H groups in total. The van der Waals surface area contributed by atoms with Crippen molar-refractivity contribution >= 4 is 49.6 Å². The predicted molar refractivity (Wildman–Crippen MR) is 121 cm³/mol. The molecule has 1 unspecified atom stereocenters. The summed E-state index contributed by atoms with van der Waals surface area (Å²) in [6, 6.07) is 9.43. The summed E-state index contributed by atoms with van der Waals surface area (Å²) in [6.45, 7) is 2.99. The minimum atomic E-state index is -0.702. The Balaban J connectivity index is 1.55. The van der Waals surface area contributed by atoms with Gasteiger partial charge in [0.1, 0.15) is 18.0 Å². The molecule has 160 valence electrons. The number of benzene rings is 1. The van der Waals surface area contributed by atoms with E-state index in [1.54, 1.807) is 24.5 Å². The summed E-state index contributed by atoms with van der Waals surface area (Å²) >= 11 is 7.64. The molecule has 0 saturated heterocycles. The molecule has 31 heavy (non-hydrogen) atoms. The molecule has 0 aliphatic carbocycles. The van der Waals surface area contributed by atoms with Gasteiger partial charge in [0.2, 0.25) is 11.8 Å². The summed E-state index contributed by atoms with van der Waals surface area (Å²) in [7, 11) is 1.56. The van der Waals surface area contributed by atoms with E-state index in [2.05, 4.69) is 25.6 Å². The zero-order valence-corrected chi connectivity index (χ0v) is 18.4. The van der Waals surface area contributed by atoms with Crippen molar-refractivity contribution in [2.24, 2.45) is 0 Å². The average molecular weight is 458 g/mol. The van der Waals surface area contributed by atoms with E-state index in [4.69, 9.17) is 21.1 Å². The quantitative estimate of drug-likeness (QED) is 0.391. The Bertz CT molecular complexity index is 1280. The summed E-state index contributed by atoms with van der Waals surface area (Å²) in [5, 5.41) is 19.6. The molecule has 8 nitrogen and oxygen atoms in total. The van der Waals surface area contributed by atoms with Crippen molar-refractivity contribution in [3.63, 3.8) is 0 Å². The van der Waals surface area contributed by atoms with Crippen LogP contribution in [0.2, 0.25) is 5.15 Å². The number of thiophene rings is 1. The number of fused-ring (bicyclic) bond motifs is 5. The molecule has 4 heterocycles. The van der Waals surface area contributed by atoms with Gasteiger partial charge in [-0.1, -0.05) is 11.6 Å². The fourth-order valence-electron chi connectivity index (χ4n) is 3.68. The van der Waals surface area contributed by atoms with Crippen LogP contribution in [0, 0.1) is 0 Å². The lowest BCUT2D eigenvalue weighted by Crippen LogP contribution is -2.32. The lowest BCUT2D eigenvalue weighted by molar-refractivity contribution is 0.134. The van der Waals surface area contributed by atoms with Crippen LogP contribution < -0.4 is 15.4 Å². The summed E-state index contributed by atoms with van der Waals surface area (Å²) in [5.41, 5.74) is 1.74. The Hall–Kier alpha value is -2.56. The molecule has 10 heteroatoms. The fraction of sp³-hybridized carbons (Fsp3) is 0.286. The second-order valence-corrected chi connectivity index (χ2v) is 8.80. The normalized spacial score (nSPS) is 18.6. The highest BCUT2D eigenvalue weighted by molar-refractivity contribution is 7.20. The van der Waals surface area contributed by atoms with Crippen LogP contribution in [0.1, 0.15) is 23.9 Å². The van der Waals surface area contributed by atoms with Crippen molar-refractivity contribution in [3.8, 4) is 11.8 Å². The Morgan fingerprint density at radius 3 is 2.90 bits per heavy atom. The smallest absolute Gasteiger partial charge is 0.226 e. The predicted octanol–water partition coefficient (Wildman–Crippen LogP) is 4.23. The number of hydrogen-bond acceptors (Lipinski definition) is 9. The second kappa shape index (κ2) is 8.18. The van der Waals surface area contributed by atoms with E-state index >= 15 is 0 Å². The third-order valence-electron chi connectivity index (χ3n) is 5.00. The van der Waals surface area contributed by atoms with Gasteiger partial charge >= 0.3 is 0 Å². The SMILES string of the molecule is COCc1nc(Cl)cc(Oc2ccc3c(ccc4sc5c(c43)NC[C@@H](C)NC5O)n2)n1. The number of aliphatic hydroxyl groups is 1. The number of hydrogen-bond donors (Lipinski definition) is 3. The number of methoxy groups -OCH3 is 1. The lowest BCUT2D eigenvalue weighted by atomic mass is 10.1. The van der Waals surface area contributed by atoms with Gasteiger partial charge in [0.05, 0.1) is 16.1 Å². The van der Waals surface area contributed by atoms with E-state index in [9.17, 15) is 5.11 Å². The highest BCUT2D eigenvalue weighted by Gasteiger charge is 2.25. The Morgan fingerprint density at radius 2 is 2.06 bits per heavy atom. The molecule has 0 saturated carbocycles. The first kappa shape index (κ1) is 20.3. The highest BCUT2D eigenvalue weighted by Crippen LogP contribution is 2.43. The molecule has 5 rings (SSSR count). The van der Waals surface area contributed by atoms with Crippen LogP contribution in [0.25, 0.3) is 21.0 Å². The maximum Gasteiger partial charge on any atom is 0.226 e. The van der Waals surface area contributed by atoms with Crippen molar-refractivity contribution in [2.75, 3.05) is 19.0 Å². The molecule has 2 atom stereocenters. The van der Waals surface area contributed by atoms with Crippen LogP contribution in [0.5, 0.6) is 11.8 Å². The molecular weight excluding hydrogens is 438 g/mol. The summed E-state index contributed by atoms with van der Waals surface area (Å²) < 4.78 is 12.0. The lowest BCUT2D eigenvalue weighted by Gasteiger charge is -2.13. The maximum atomic E-state index is 10.6. The fourth-order valence-corrected chi connectivity index (χ4v) is 5.01. The first-order valence-corrected chi connectivity index (χ1v) is 11.0. The largest absolute Gasteiger partial charge is 0.421 e. The van der Waals surface area contributed by atoms with E-state index in [0.29, 0.717) is 17.6 Å². The number of aliphatic hydroxyl groups excluding tert-OH is 1. The van der Waals surface area contributed by atoms with E-state index in [0.717, 1.165) is 38.1 Å². The van der Waals surface area contributed by atoms with Crippen LogP contribution in [0.15, 0.2) is 30.3 Å². The van der Waals surface area contributed by atoms with Gasteiger partial charge in [0.15, 0.2) is 5.82 Å². The monoisotopic (exact) mass is 457 g/mol. The van der Waals surface area contributed by atoms with Crippen LogP contribution in [-0.2, 0) is 11.3 Å². The van der Waals surface area contributed by atoms with E-state index < -0.39 is 6.23 Å². The number of ether oxygens (including phenoxy) is 2. The van der Waals surface area contributed by atoms with Crippen LogP contribution in [0.4, 0.5) is 5.69 Å². The highest BCUT2D eigenvalue weighted by atomic mass is 35.5. The molecule has 1 aliphatic heterocycles. The summed E-state index contributed by atoms with van der Waals surface area (Å²) in [4.78, 5) is 13.9. The Morgan fingerprint density at radius 1 is 1.19 bits per heavy atom. The van der Waals surface area contributed by atoms with Crippen LogP contribution in [-0.4, -0.2) is 39.8 Å². The number of nitrogens with zero attached hydrogens (tertiary/aromatic N) is 3. The molecule has 0 radical (unpaired) electrons. The first-order valence-electron chi connectivity index (χ1n) is 9.76. The van der Waals surface area contributed by atoms with E-state index in [-0.39, 0.29) is 17.8 Å². The molecule has 1 aliphatic rings. The molecular formula is C21H20ClN5O3S. The van der Waals surface area contributed by atoms with Crippen LogP contribution in [0.3, 0.4) is 0 Å². The first-order chi connectivity index (χ1) is 15.0. The van der Waals surface area contributed by atoms with Gasteiger partial charge in [-0.3, -0.25) is 5.32 Å². The molecule has 3 aromatic heterocycles. The molecule has 0 spiro atoms. The Kier molecular flexibility index (Phi) is 5.37. The second-order valence-electron chi connectivity index (χ2n) is 7.33. The van der Waals surface area contributed by atoms with Crippen molar-refractivity contribution in [1.29, 1.82) is 0 Å². The standard InChI is InChI=1S/C21H20ClN5O3S/c1-10-8-23-19-18-11-3-6-16(30-17-7-14(22)26-15(27-17)9-29-2)25-12(11)4-5-13(18)31-20(19)21(28)24-10/h3-7,10,21,23-24,28H,8-9H2,1-2H3/t10-,21?/m1/s1. The molecule has 0 bridgehead atoms. The third-order valence-corrected chi connectivity index (χ3v) is 6.40. The Labute approximate surface area is 187 Å². The van der Waals surface area contributed by atoms with Gasteiger partial charge in [-0.25, -0.2) is 9.97 Å². The van der Waals surface area contributed by atoms with Gasteiger partial charge in [-0.05, 0) is 25.1 Å². The topological polar surface area (TPSA) is 101 Å². The summed E-state index contributed by atoms with van der Waals surface area (Å²) in [6.07, 6.45) is -0.702. The minimum absolute atomic E-state index is 0.153. The molecule has 0 amide bonds. The zero-order valence-electron chi connectivity index (χ0n) is 16.8. The number of halogens is 1. The molecule has 0 fully saturated rings. The number of anilines is 1. The molecule has 4 aromatic rings. The minimum Gasteiger partial charge on any atom is -0.421 e. The van der Waals surface area contributed by atoms with E-state index in [1.807, 2.05) is 25.1 Å². The van der Waals surface area contributed by atoms with Crippen molar-refractivity contribution in [1.82, 2.24) is 20.3 Å². The van der Waals surface area contributed by atoms with Gasteiger partial charge in [-0.2, -0.15) is 4.98 Å². The third kappa shape index (κ3) is 3.90. The number of pyridine rings is 1. The van der Waals surface area contributed by atoms with Gasteiger partial charge in [0, 0.05) is 47.3 Å². The number of rotatable bonds is 4. The summed E-state index contributed by atoms with van der Waals surface area (Å²) in [5.74, 6) is 1.13. The van der Waals surface area contributed by atoms with Gasteiger partial charge in [-0.15, -0.1) is 11.3 Å². The van der Waals surface area contributed by atoms with Crippen molar-refractivity contribution < 1.29 is 14.6 Å². The van der Waals surface area contributed by atoms with Gasteiger partial charge < -0.3 is 19.9 Å². The molecule has 1 aromatic carbocycles. The van der Waals surface area contributed by atoms with Crippen molar-refractivity contribution in [3.05, 3.63) is 46.2 Å². The average Bonchev–Trinajstić information content (AvgIpc) is 3.04. The maximum absolute atomic E-state index is 10.6. The zero-order chi connectivity index (χ0) is 21.5. The number of aromatic nitrogens is 3. The van der Waals surface area contributed by atoms with Gasteiger partial charge in [0.25, 0.3) is 0 Å².